The average Bonchev–Trinajstić information content (AvgIpc) is 3.31. The Hall–Kier alpha value is -3.16. The summed E-state index contributed by atoms with van der Waals surface area (Å²) < 4.78 is 6.12. The van der Waals surface area contributed by atoms with Crippen molar-refractivity contribution in [3.05, 3.63) is 42.6 Å². The van der Waals surface area contributed by atoms with Gasteiger partial charge in [0.15, 0.2) is 5.82 Å². The molecule has 3 heterocycles. The van der Waals surface area contributed by atoms with E-state index in [9.17, 15) is 9.59 Å². The van der Waals surface area contributed by atoms with Gasteiger partial charge in [-0.15, -0.1) is 5.10 Å². The van der Waals surface area contributed by atoms with Gasteiger partial charge >= 0.3 is 0 Å². The highest BCUT2D eigenvalue weighted by Gasteiger charge is 2.31. The van der Waals surface area contributed by atoms with Crippen molar-refractivity contribution in [3.8, 4) is 5.75 Å². The Bertz CT molecular complexity index is 950. The van der Waals surface area contributed by atoms with Crippen LogP contribution in [0.4, 0.5) is 11.5 Å². The van der Waals surface area contributed by atoms with E-state index in [1.807, 2.05) is 62.1 Å². The second-order valence-corrected chi connectivity index (χ2v) is 9.89. The lowest BCUT2D eigenvalue weighted by Crippen LogP contribution is -2.46. The van der Waals surface area contributed by atoms with Crippen LogP contribution >= 0.6 is 0 Å². The van der Waals surface area contributed by atoms with Crippen molar-refractivity contribution >= 4 is 23.3 Å². The lowest BCUT2D eigenvalue weighted by molar-refractivity contribution is -0.141. The molecule has 1 aromatic heterocycles. The molecule has 2 aliphatic heterocycles. The molecular weight excluding hydrogens is 418 g/mol. The maximum atomic E-state index is 12.7. The Labute approximate surface area is 195 Å². The lowest BCUT2D eigenvalue weighted by atomic mass is 9.93. The van der Waals surface area contributed by atoms with Gasteiger partial charge < -0.3 is 19.9 Å². The van der Waals surface area contributed by atoms with E-state index in [1.54, 1.807) is 6.20 Å². The molecule has 2 amide bonds. The Balaban J connectivity index is 1.24. The molecule has 2 saturated heterocycles. The molecule has 176 valence electrons. The van der Waals surface area contributed by atoms with E-state index in [1.165, 1.54) is 0 Å². The molecule has 8 nitrogen and oxygen atoms in total. The number of carbonyl (C=O) groups excluding carboxylic acids is 2. The van der Waals surface area contributed by atoms with Gasteiger partial charge in [-0.1, -0.05) is 20.8 Å². The highest BCUT2D eigenvalue weighted by molar-refractivity contribution is 5.93. The smallest absolute Gasteiger partial charge is 0.229 e. The normalized spacial score (nSPS) is 19.4. The average molecular weight is 452 g/mol. The van der Waals surface area contributed by atoms with E-state index < -0.39 is 0 Å². The predicted molar refractivity (Wildman–Crippen MR) is 127 cm³/mol. The number of carbonyl (C=O) groups is 2. The second kappa shape index (κ2) is 9.77. The standard InChI is InChI=1S/C25H33N5O3/c1-25(2,3)24(32)29-15-11-21(12-16-29)33-20-8-6-19(7-9-20)27-23(31)18-10-14-30(17-18)22-5-4-13-26-28-22/h4-9,13,18,21H,10-12,14-17H2,1-3H3,(H,27,31). The van der Waals surface area contributed by atoms with Crippen molar-refractivity contribution in [2.45, 2.75) is 46.1 Å². The fourth-order valence-corrected chi connectivity index (χ4v) is 4.35. The molecule has 2 aromatic rings. The summed E-state index contributed by atoms with van der Waals surface area (Å²) in [5, 5.41) is 11.1. The predicted octanol–water partition coefficient (Wildman–Crippen LogP) is 3.36. The highest BCUT2D eigenvalue weighted by atomic mass is 16.5. The number of ether oxygens (including phenoxy) is 1. The first-order valence-corrected chi connectivity index (χ1v) is 11.7. The van der Waals surface area contributed by atoms with Gasteiger partial charge in [-0.3, -0.25) is 9.59 Å². The van der Waals surface area contributed by atoms with Gasteiger partial charge in [0.1, 0.15) is 11.9 Å². The fraction of sp³-hybridized carbons (Fsp3) is 0.520. The molecule has 1 N–H and O–H groups in total. The largest absolute Gasteiger partial charge is 0.490 e. The molecular formula is C25H33N5O3. The van der Waals surface area contributed by atoms with E-state index in [2.05, 4.69) is 20.4 Å². The molecule has 4 rings (SSSR count). The molecule has 2 fully saturated rings. The number of aromatic nitrogens is 2. The molecule has 1 atom stereocenters. The van der Waals surface area contributed by atoms with Crippen LogP contribution in [0.25, 0.3) is 0 Å². The number of likely N-dealkylation sites (tertiary alicyclic amines) is 1. The van der Waals surface area contributed by atoms with Crippen LogP contribution in [-0.2, 0) is 9.59 Å². The number of hydrogen-bond acceptors (Lipinski definition) is 6. The van der Waals surface area contributed by atoms with Crippen LogP contribution in [0, 0.1) is 11.3 Å². The topological polar surface area (TPSA) is 87.7 Å². The molecule has 33 heavy (non-hydrogen) atoms. The number of benzene rings is 1. The second-order valence-electron chi connectivity index (χ2n) is 9.89. The van der Waals surface area contributed by atoms with Crippen LogP contribution in [0.2, 0.25) is 0 Å². The van der Waals surface area contributed by atoms with Crippen LogP contribution in [0.3, 0.4) is 0 Å². The number of amides is 2. The number of nitrogens with one attached hydrogen (secondary N) is 1. The van der Waals surface area contributed by atoms with E-state index in [0.29, 0.717) is 6.54 Å². The summed E-state index contributed by atoms with van der Waals surface area (Å²) >= 11 is 0. The number of piperidine rings is 1. The maximum absolute atomic E-state index is 12.7. The lowest BCUT2D eigenvalue weighted by Gasteiger charge is -2.35. The molecule has 1 aromatic carbocycles. The van der Waals surface area contributed by atoms with Crippen LogP contribution in [0.15, 0.2) is 42.6 Å². The Morgan fingerprint density at radius 3 is 2.39 bits per heavy atom. The summed E-state index contributed by atoms with van der Waals surface area (Å²) in [6.07, 6.45) is 4.18. The third-order valence-electron chi connectivity index (χ3n) is 6.24. The monoisotopic (exact) mass is 451 g/mol. The van der Waals surface area contributed by atoms with Gasteiger partial charge in [0, 0.05) is 56.3 Å². The van der Waals surface area contributed by atoms with Crippen molar-refractivity contribution in [1.82, 2.24) is 15.1 Å². The molecule has 1 unspecified atom stereocenters. The maximum Gasteiger partial charge on any atom is 0.229 e. The van der Waals surface area contributed by atoms with Gasteiger partial charge in [-0.05, 0) is 42.8 Å². The highest BCUT2D eigenvalue weighted by Crippen LogP contribution is 2.26. The van der Waals surface area contributed by atoms with Gasteiger partial charge in [-0.25, -0.2) is 0 Å². The molecule has 0 aliphatic carbocycles. The van der Waals surface area contributed by atoms with Crippen molar-refractivity contribution in [1.29, 1.82) is 0 Å². The Morgan fingerprint density at radius 1 is 1.03 bits per heavy atom. The third-order valence-corrected chi connectivity index (χ3v) is 6.24. The molecule has 0 radical (unpaired) electrons. The summed E-state index contributed by atoms with van der Waals surface area (Å²) in [6.45, 7) is 8.76. The van der Waals surface area contributed by atoms with E-state index in [0.717, 1.165) is 56.2 Å². The minimum atomic E-state index is -0.347. The third kappa shape index (κ3) is 5.80. The molecule has 0 saturated carbocycles. The van der Waals surface area contributed by atoms with Gasteiger partial charge in [-0.2, -0.15) is 5.10 Å². The van der Waals surface area contributed by atoms with Gasteiger partial charge in [0.25, 0.3) is 0 Å². The zero-order valence-corrected chi connectivity index (χ0v) is 19.7. The zero-order valence-electron chi connectivity index (χ0n) is 19.7. The summed E-state index contributed by atoms with van der Waals surface area (Å²) in [4.78, 5) is 29.2. The zero-order chi connectivity index (χ0) is 23.4. The van der Waals surface area contributed by atoms with Crippen molar-refractivity contribution in [2.75, 3.05) is 36.4 Å². The number of anilines is 2. The number of hydrogen-bond donors (Lipinski definition) is 1. The van der Waals surface area contributed by atoms with Crippen molar-refractivity contribution < 1.29 is 14.3 Å². The number of rotatable bonds is 5. The summed E-state index contributed by atoms with van der Waals surface area (Å²) in [5.74, 6) is 1.73. The van der Waals surface area contributed by atoms with Gasteiger partial charge in [0.05, 0.1) is 5.92 Å². The van der Waals surface area contributed by atoms with Crippen molar-refractivity contribution in [2.24, 2.45) is 11.3 Å². The van der Waals surface area contributed by atoms with Crippen LogP contribution in [0.5, 0.6) is 5.75 Å². The van der Waals surface area contributed by atoms with Gasteiger partial charge in [0.2, 0.25) is 11.8 Å². The Kier molecular flexibility index (Phi) is 6.81. The molecule has 0 bridgehead atoms. The van der Waals surface area contributed by atoms with Crippen LogP contribution < -0.4 is 15.0 Å². The van der Waals surface area contributed by atoms with Crippen LogP contribution in [0.1, 0.15) is 40.0 Å². The first kappa shape index (κ1) is 23.0. The van der Waals surface area contributed by atoms with E-state index in [-0.39, 0.29) is 29.3 Å². The molecule has 0 spiro atoms. The molecule has 8 heteroatoms. The van der Waals surface area contributed by atoms with E-state index in [4.69, 9.17) is 4.74 Å². The fourth-order valence-electron chi connectivity index (χ4n) is 4.35. The van der Waals surface area contributed by atoms with Crippen LogP contribution in [-0.4, -0.2) is 59.2 Å². The minimum absolute atomic E-state index is 0.0194. The minimum Gasteiger partial charge on any atom is -0.490 e. The molecule has 2 aliphatic rings. The van der Waals surface area contributed by atoms with E-state index >= 15 is 0 Å². The first-order valence-electron chi connectivity index (χ1n) is 11.7. The Morgan fingerprint density at radius 2 is 1.76 bits per heavy atom. The van der Waals surface area contributed by atoms with Crippen molar-refractivity contribution in [3.63, 3.8) is 0 Å². The quantitative estimate of drug-likeness (QED) is 0.750. The first-order chi connectivity index (χ1) is 15.8. The SMILES string of the molecule is CC(C)(C)C(=O)N1CCC(Oc2ccc(NC(=O)C3CCN(c4cccnn4)C3)cc2)CC1. The number of nitrogens with zero attached hydrogens (tertiary/aromatic N) is 4. The summed E-state index contributed by atoms with van der Waals surface area (Å²) in [6, 6.07) is 11.3. The summed E-state index contributed by atoms with van der Waals surface area (Å²) in [5.41, 5.74) is 0.413. The summed E-state index contributed by atoms with van der Waals surface area (Å²) in [7, 11) is 0.